The molecule has 0 N–H and O–H groups in total. The molecule has 0 bridgehead atoms. The Hall–Kier alpha value is -0.0200. The van der Waals surface area contributed by atoms with E-state index in [-0.39, 0.29) is 0 Å². The van der Waals surface area contributed by atoms with Crippen LogP contribution in [-0.2, 0) is 0 Å². The zero-order valence-corrected chi connectivity index (χ0v) is 10.9. The molecular weight excluding hydrogens is 294 g/mol. The molecule has 0 amide bonds. The van der Waals surface area contributed by atoms with Gasteiger partial charge in [0.05, 0.1) is 5.69 Å². The number of benzene rings is 1. The highest BCUT2D eigenvalue weighted by molar-refractivity contribution is 9.11. The van der Waals surface area contributed by atoms with E-state index in [2.05, 4.69) is 56.7 Å². The lowest BCUT2D eigenvalue weighted by atomic mass is 10.3. The minimum absolute atomic E-state index is 1.01. The van der Waals surface area contributed by atoms with Gasteiger partial charge in [0, 0.05) is 22.0 Å². The Balaban J connectivity index is 3.10. The largest absolute Gasteiger partial charge is 0.370 e. The molecule has 0 saturated carbocycles. The Morgan fingerprint density at radius 3 is 2.00 bits per heavy atom. The lowest BCUT2D eigenvalue weighted by Crippen LogP contribution is -2.22. The molecule has 0 aliphatic rings. The van der Waals surface area contributed by atoms with Crippen LogP contribution in [0.25, 0.3) is 0 Å². The minimum Gasteiger partial charge on any atom is -0.370 e. The summed E-state index contributed by atoms with van der Waals surface area (Å²) >= 11 is 7.05. The summed E-state index contributed by atoms with van der Waals surface area (Å²) in [6.45, 7) is 6.33. The smallest absolute Gasteiger partial charge is 0.0655 e. The van der Waals surface area contributed by atoms with Crippen molar-refractivity contribution in [1.82, 2.24) is 0 Å². The Labute approximate surface area is 96.4 Å². The Morgan fingerprint density at radius 1 is 1.15 bits per heavy atom. The van der Waals surface area contributed by atoms with E-state index < -0.39 is 0 Å². The molecule has 3 heteroatoms. The van der Waals surface area contributed by atoms with Gasteiger partial charge in [-0.1, -0.05) is 0 Å². The summed E-state index contributed by atoms with van der Waals surface area (Å²) in [5.74, 6) is 0. The van der Waals surface area contributed by atoms with Crippen molar-refractivity contribution in [2.24, 2.45) is 0 Å². The van der Waals surface area contributed by atoms with E-state index in [4.69, 9.17) is 0 Å². The van der Waals surface area contributed by atoms with Gasteiger partial charge in [-0.15, -0.1) is 0 Å². The number of hydrogen-bond donors (Lipinski definition) is 0. The van der Waals surface area contributed by atoms with Crippen LogP contribution in [0.3, 0.4) is 0 Å². The van der Waals surface area contributed by atoms with Gasteiger partial charge >= 0.3 is 0 Å². The third-order valence-corrected chi connectivity index (χ3v) is 3.16. The molecule has 0 heterocycles. The monoisotopic (exact) mass is 304 g/mol. The molecule has 1 rings (SSSR count). The van der Waals surface area contributed by atoms with Gasteiger partial charge < -0.3 is 4.90 Å². The molecule has 71 valence electrons. The molecule has 0 spiro atoms. The molecule has 1 aromatic carbocycles. The maximum Gasteiger partial charge on any atom is 0.0655 e. The van der Waals surface area contributed by atoms with Crippen molar-refractivity contribution >= 4 is 37.5 Å². The third-order valence-electron chi connectivity index (χ3n) is 1.95. The van der Waals surface area contributed by atoms with Gasteiger partial charge in [0.25, 0.3) is 0 Å². The molecule has 1 nitrogen and oxygen atoms in total. The first-order valence-electron chi connectivity index (χ1n) is 4.30. The van der Waals surface area contributed by atoms with Crippen LogP contribution in [0.4, 0.5) is 5.69 Å². The van der Waals surface area contributed by atoms with Crippen molar-refractivity contribution in [3.63, 3.8) is 0 Å². The summed E-state index contributed by atoms with van der Waals surface area (Å²) in [5, 5.41) is 0. The first-order valence-corrected chi connectivity index (χ1v) is 5.89. The second kappa shape index (κ2) is 5.01. The zero-order chi connectivity index (χ0) is 9.84. The van der Waals surface area contributed by atoms with Gasteiger partial charge in [0.15, 0.2) is 0 Å². The van der Waals surface area contributed by atoms with Gasteiger partial charge in [-0.05, 0) is 63.9 Å². The number of rotatable bonds is 3. The number of nitrogens with zero attached hydrogens (tertiary/aromatic N) is 1. The number of hydrogen-bond acceptors (Lipinski definition) is 1. The maximum absolute atomic E-state index is 3.53. The predicted octanol–water partition coefficient (Wildman–Crippen LogP) is 3.86. The first kappa shape index (κ1) is 11.1. The topological polar surface area (TPSA) is 3.24 Å². The van der Waals surface area contributed by atoms with E-state index in [0.29, 0.717) is 0 Å². The number of anilines is 1. The summed E-state index contributed by atoms with van der Waals surface area (Å²) in [4.78, 5) is 2.29. The average Bonchev–Trinajstić information content (AvgIpc) is 2.11. The average molecular weight is 306 g/mol. The molecule has 0 atom stereocenters. The van der Waals surface area contributed by atoms with Crippen LogP contribution in [0, 0.1) is 6.07 Å². The van der Waals surface area contributed by atoms with Crippen LogP contribution < -0.4 is 4.90 Å². The molecule has 1 aromatic rings. The van der Waals surface area contributed by atoms with E-state index in [9.17, 15) is 0 Å². The summed E-state index contributed by atoms with van der Waals surface area (Å²) in [7, 11) is 0. The summed E-state index contributed by atoms with van der Waals surface area (Å²) in [5.41, 5.74) is 1.21. The Kier molecular flexibility index (Phi) is 4.26. The quantitative estimate of drug-likeness (QED) is 0.820. The summed E-state index contributed by atoms with van der Waals surface area (Å²) in [6, 6.07) is 6.94. The molecule has 1 radical (unpaired) electrons. The van der Waals surface area contributed by atoms with Gasteiger partial charge in [-0.25, -0.2) is 0 Å². The Morgan fingerprint density at radius 2 is 1.62 bits per heavy atom. The van der Waals surface area contributed by atoms with E-state index in [1.54, 1.807) is 0 Å². The van der Waals surface area contributed by atoms with Crippen LogP contribution in [0.1, 0.15) is 13.8 Å². The highest BCUT2D eigenvalue weighted by Crippen LogP contribution is 2.33. The second-order valence-corrected chi connectivity index (χ2v) is 4.38. The molecule has 0 aliphatic heterocycles. The fraction of sp³-hybridized carbons (Fsp3) is 0.400. The lowest BCUT2D eigenvalue weighted by molar-refractivity contribution is 0.861. The standard InChI is InChI=1S/C10H12Br2N/c1-3-13(4-2)10-8(11)6-5-7-9(10)12/h6-7H,3-4H2,1-2H3. The van der Waals surface area contributed by atoms with Gasteiger partial charge in [0.2, 0.25) is 0 Å². The van der Waals surface area contributed by atoms with Crippen molar-refractivity contribution in [2.45, 2.75) is 13.8 Å². The molecule has 0 unspecified atom stereocenters. The van der Waals surface area contributed by atoms with E-state index in [1.165, 1.54) is 5.69 Å². The molecule has 0 aromatic heterocycles. The second-order valence-electron chi connectivity index (χ2n) is 2.67. The predicted molar refractivity (Wildman–Crippen MR) is 64.2 cm³/mol. The molecule has 0 fully saturated rings. The summed E-state index contributed by atoms with van der Waals surface area (Å²) < 4.78 is 2.18. The van der Waals surface area contributed by atoms with Gasteiger partial charge in [-0.3, -0.25) is 0 Å². The number of halogens is 2. The molecular formula is C10H12Br2N. The SMILES string of the molecule is CCN(CC)c1c(Br)c[c]cc1Br. The van der Waals surface area contributed by atoms with Crippen molar-refractivity contribution < 1.29 is 0 Å². The van der Waals surface area contributed by atoms with E-state index in [0.717, 1.165) is 22.0 Å². The van der Waals surface area contributed by atoms with Gasteiger partial charge in [0.1, 0.15) is 0 Å². The van der Waals surface area contributed by atoms with E-state index >= 15 is 0 Å². The third kappa shape index (κ3) is 2.47. The normalized spacial score (nSPS) is 10.2. The fourth-order valence-electron chi connectivity index (χ4n) is 1.28. The van der Waals surface area contributed by atoms with Crippen molar-refractivity contribution in [2.75, 3.05) is 18.0 Å². The van der Waals surface area contributed by atoms with Crippen LogP contribution in [0.5, 0.6) is 0 Å². The molecule has 13 heavy (non-hydrogen) atoms. The summed E-state index contributed by atoms with van der Waals surface area (Å²) in [6.07, 6.45) is 0. The zero-order valence-electron chi connectivity index (χ0n) is 7.77. The maximum atomic E-state index is 3.53. The van der Waals surface area contributed by atoms with Crippen LogP contribution >= 0.6 is 31.9 Å². The Bertz CT molecular complexity index is 262. The molecule has 0 aliphatic carbocycles. The van der Waals surface area contributed by atoms with Crippen LogP contribution in [0.15, 0.2) is 21.1 Å². The molecule has 0 saturated heterocycles. The van der Waals surface area contributed by atoms with Crippen LogP contribution in [-0.4, -0.2) is 13.1 Å². The highest BCUT2D eigenvalue weighted by atomic mass is 79.9. The first-order chi connectivity index (χ1) is 6.20. The minimum atomic E-state index is 1.01. The van der Waals surface area contributed by atoms with Crippen molar-refractivity contribution in [3.8, 4) is 0 Å². The lowest BCUT2D eigenvalue weighted by Gasteiger charge is -2.23. The van der Waals surface area contributed by atoms with Gasteiger partial charge in [-0.2, -0.15) is 0 Å². The van der Waals surface area contributed by atoms with Crippen molar-refractivity contribution in [1.29, 1.82) is 0 Å². The fourth-order valence-corrected chi connectivity index (χ4v) is 2.74. The highest BCUT2D eigenvalue weighted by Gasteiger charge is 2.09. The van der Waals surface area contributed by atoms with Crippen molar-refractivity contribution in [3.05, 3.63) is 27.1 Å². The van der Waals surface area contributed by atoms with Crippen LogP contribution in [0.2, 0.25) is 0 Å². The van der Waals surface area contributed by atoms with E-state index in [1.807, 2.05) is 12.1 Å².